The minimum absolute atomic E-state index is 0.141. The van der Waals surface area contributed by atoms with Gasteiger partial charge in [-0.3, -0.25) is 9.48 Å². The van der Waals surface area contributed by atoms with Crippen molar-refractivity contribution in [2.45, 2.75) is 6.10 Å². The molecule has 1 fully saturated rings. The summed E-state index contributed by atoms with van der Waals surface area (Å²) >= 11 is 0. The van der Waals surface area contributed by atoms with E-state index in [9.17, 15) is 9.59 Å². The van der Waals surface area contributed by atoms with Crippen molar-refractivity contribution in [3.8, 4) is 5.75 Å². The topological polar surface area (TPSA) is 93.9 Å². The SMILES string of the molecule is Cn1cc(C2CN(C(=O)c3cccc(OCC(=O)O)c3)CCO2)cn1. The highest BCUT2D eigenvalue weighted by molar-refractivity contribution is 5.94. The molecule has 0 radical (unpaired) electrons. The van der Waals surface area contributed by atoms with Crippen LogP contribution >= 0.6 is 0 Å². The third-order valence-electron chi connectivity index (χ3n) is 3.89. The Kier molecular flexibility index (Phi) is 4.99. The highest BCUT2D eigenvalue weighted by Gasteiger charge is 2.27. The van der Waals surface area contributed by atoms with Gasteiger partial charge in [0.1, 0.15) is 11.9 Å². The average Bonchev–Trinajstić information content (AvgIpc) is 3.06. The second-order valence-electron chi connectivity index (χ2n) is 5.77. The van der Waals surface area contributed by atoms with Crippen LogP contribution in [0.1, 0.15) is 22.0 Å². The van der Waals surface area contributed by atoms with E-state index in [0.717, 1.165) is 5.56 Å². The van der Waals surface area contributed by atoms with Crippen LogP contribution in [0, 0.1) is 0 Å². The van der Waals surface area contributed by atoms with Gasteiger partial charge in [-0.15, -0.1) is 0 Å². The number of benzene rings is 1. The fraction of sp³-hybridized carbons (Fsp3) is 0.353. The number of nitrogens with zero attached hydrogens (tertiary/aromatic N) is 3. The number of aryl methyl sites for hydroxylation is 1. The molecule has 2 heterocycles. The van der Waals surface area contributed by atoms with E-state index in [0.29, 0.717) is 31.0 Å². The largest absolute Gasteiger partial charge is 0.482 e. The van der Waals surface area contributed by atoms with Crippen LogP contribution in [-0.4, -0.2) is 58.0 Å². The van der Waals surface area contributed by atoms with Crippen LogP contribution in [0.3, 0.4) is 0 Å². The predicted molar refractivity (Wildman–Crippen MR) is 87.4 cm³/mol. The Bertz CT molecular complexity index is 773. The fourth-order valence-electron chi connectivity index (χ4n) is 2.69. The third-order valence-corrected chi connectivity index (χ3v) is 3.89. The Hall–Kier alpha value is -2.87. The lowest BCUT2D eigenvalue weighted by Crippen LogP contribution is -2.42. The molecule has 1 unspecified atom stereocenters. The second-order valence-corrected chi connectivity index (χ2v) is 5.77. The second kappa shape index (κ2) is 7.35. The Morgan fingerprint density at radius 1 is 1.44 bits per heavy atom. The van der Waals surface area contributed by atoms with Gasteiger partial charge < -0.3 is 19.5 Å². The highest BCUT2D eigenvalue weighted by atomic mass is 16.5. The molecule has 1 atom stereocenters. The van der Waals surface area contributed by atoms with E-state index in [2.05, 4.69) is 5.10 Å². The fourth-order valence-corrected chi connectivity index (χ4v) is 2.69. The van der Waals surface area contributed by atoms with E-state index in [1.54, 1.807) is 40.0 Å². The van der Waals surface area contributed by atoms with Crippen molar-refractivity contribution in [2.24, 2.45) is 7.05 Å². The number of hydrogen-bond acceptors (Lipinski definition) is 5. The van der Waals surface area contributed by atoms with Crippen LogP contribution in [0.5, 0.6) is 5.75 Å². The number of carboxylic acids is 1. The summed E-state index contributed by atoms with van der Waals surface area (Å²) in [4.78, 5) is 25.1. The van der Waals surface area contributed by atoms with E-state index >= 15 is 0 Å². The molecular formula is C17H19N3O5. The number of ether oxygens (including phenoxy) is 2. The zero-order valence-corrected chi connectivity index (χ0v) is 13.8. The summed E-state index contributed by atoms with van der Waals surface area (Å²) < 4.78 is 12.6. The summed E-state index contributed by atoms with van der Waals surface area (Å²) in [5, 5.41) is 12.8. The molecule has 8 heteroatoms. The molecule has 1 N–H and O–H groups in total. The standard InChI is InChI=1S/C17H19N3O5/c1-19-9-13(8-18-19)15-10-20(5-6-24-15)17(23)12-3-2-4-14(7-12)25-11-16(21)22/h2-4,7-9,15H,5-6,10-11H2,1H3,(H,21,22). The van der Waals surface area contributed by atoms with Crippen molar-refractivity contribution >= 4 is 11.9 Å². The smallest absolute Gasteiger partial charge is 0.341 e. The van der Waals surface area contributed by atoms with Crippen LogP contribution in [0.15, 0.2) is 36.7 Å². The third kappa shape index (κ3) is 4.16. The summed E-state index contributed by atoms with van der Waals surface area (Å²) in [6.45, 7) is 0.930. The monoisotopic (exact) mass is 345 g/mol. The summed E-state index contributed by atoms with van der Waals surface area (Å²) in [6.07, 6.45) is 3.40. The maximum Gasteiger partial charge on any atom is 0.341 e. The van der Waals surface area contributed by atoms with Crippen LogP contribution in [0.4, 0.5) is 0 Å². The van der Waals surface area contributed by atoms with Crippen LogP contribution in [0.25, 0.3) is 0 Å². The van der Waals surface area contributed by atoms with Gasteiger partial charge in [-0.2, -0.15) is 5.10 Å². The Morgan fingerprint density at radius 2 is 2.28 bits per heavy atom. The molecular weight excluding hydrogens is 326 g/mol. The summed E-state index contributed by atoms with van der Waals surface area (Å²) in [5.74, 6) is -0.854. The average molecular weight is 345 g/mol. The number of aliphatic carboxylic acids is 1. The van der Waals surface area contributed by atoms with Crippen molar-refractivity contribution in [3.05, 3.63) is 47.8 Å². The van der Waals surface area contributed by atoms with Gasteiger partial charge in [0.25, 0.3) is 5.91 Å². The number of amides is 1. The number of aromatic nitrogens is 2. The molecule has 1 aromatic heterocycles. The number of rotatable bonds is 5. The van der Waals surface area contributed by atoms with Gasteiger partial charge in [-0.25, -0.2) is 4.79 Å². The minimum Gasteiger partial charge on any atom is -0.482 e. The van der Waals surface area contributed by atoms with E-state index in [1.165, 1.54) is 0 Å². The van der Waals surface area contributed by atoms with Crippen molar-refractivity contribution in [1.82, 2.24) is 14.7 Å². The lowest BCUT2D eigenvalue weighted by atomic mass is 10.1. The van der Waals surface area contributed by atoms with Gasteiger partial charge in [0.05, 0.1) is 19.3 Å². The molecule has 1 aliphatic rings. The van der Waals surface area contributed by atoms with E-state index in [4.69, 9.17) is 14.6 Å². The minimum atomic E-state index is -1.07. The first kappa shape index (κ1) is 17.0. The predicted octanol–water partition coefficient (Wildman–Crippen LogP) is 1.10. The quantitative estimate of drug-likeness (QED) is 0.872. The van der Waals surface area contributed by atoms with Gasteiger partial charge in [-0.05, 0) is 18.2 Å². The van der Waals surface area contributed by atoms with E-state index in [-0.39, 0.29) is 12.0 Å². The summed E-state index contributed by atoms with van der Waals surface area (Å²) in [6, 6.07) is 6.53. The molecule has 1 aromatic carbocycles. The van der Waals surface area contributed by atoms with Gasteiger partial charge >= 0.3 is 5.97 Å². The van der Waals surface area contributed by atoms with Gasteiger partial charge in [0.15, 0.2) is 6.61 Å². The number of carbonyl (C=O) groups excluding carboxylic acids is 1. The zero-order valence-electron chi connectivity index (χ0n) is 13.8. The molecule has 1 amide bonds. The number of carboxylic acid groups (broad SMARTS) is 1. The molecule has 1 saturated heterocycles. The molecule has 0 bridgehead atoms. The van der Waals surface area contributed by atoms with Gasteiger partial charge in [0, 0.05) is 30.9 Å². The first-order chi connectivity index (χ1) is 12.0. The molecule has 25 heavy (non-hydrogen) atoms. The Labute approximate surface area is 144 Å². The molecule has 8 nitrogen and oxygen atoms in total. The number of hydrogen-bond donors (Lipinski definition) is 1. The van der Waals surface area contributed by atoms with Crippen LogP contribution in [-0.2, 0) is 16.6 Å². The lowest BCUT2D eigenvalue weighted by Gasteiger charge is -2.32. The molecule has 3 rings (SSSR count). The first-order valence-electron chi connectivity index (χ1n) is 7.87. The maximum absolute atomic E-state index is 12.7. The molecule has 0 aliphatic carbocycles. The molecule has 132 valence electrons. The molecule has 0 saturated carbocycles. The van der Waals surface area contributed by atoms with Gasteiger partial charge in [-0.1, -0.05) is 6.07 Å². The van der Waals surface area contributed by atoms with Crippen molar-refractivity contribution in [2.75, 3.05) is 26.3 Å². The Balaban J connectivity index is 1.69. The van der Waals surface area contributed by atoms with Crippen molar-refractivity contribution in [1.29, 1.82) is 0 Å². The molecule has 0 spiro atoms. The van der Waals surface area contributed by atoms with Crippen LogP contribution in [0.2, 0.25) is 0 Å². The van der Waals surface area contributed by atoms with E-state index < -0.39 is 12.6 Å². The van der Waals surface area contributed by atoms with E-state index in [1.807, 2.05) is 13.2 Å². The highest BCUT2D eigenvalue weighted by Crippen LogP contribution is 2.23. The lowest BCUT2D eigenvalue weighted by molar-refractivity contribution is -0.139. The van der Waals surface area contributed by atoms with Crippen molar-refractivity contribution < 1.29 is 24.2 Å². The van der Waals surface area contributed by atoms with Gasteiger partial charge in [0.2, 0.25) is 0 Å². The maximum atomic E-state index is 12.7. The number of carbonyl (C=O) groups is 2. The number of morpholine rings is 1. The first-order valence-corrected chi connectivity index (χ1v) is 7.87. The summed E-state index contributed by atoms with van der Waals surface area (Å²) in [5.41, 5.74) is 1.38. The Morgan fingerprint density at radius 3 is 3.00 bits per heavy atom. The summed E-state index contributed by atoms with van der Waals surface area (Å²) in [7, 11) is 1.83. The molecule has 2 aromatic rings. The normalized spacial score (nSPS) is 17.3. The van der Waals surface area contributed by atoms with Crippen LogP contribution < -0.4 is 4.74 Å². The zero-order chi connectivity index (χ0) is 17.8. The van der Waals surface area contributed by atoms with Crippen molar-refractivity contribution in [3.63, 3.8) is 0 Å². The molecule has 1 aliphatic heterocycles.